The molecule has 0 aromatic carbocycles. The van der Waals surface area contributed by atoms with E-state index in [1.165, 1.54) is 12.8 Å². The Morgan fingerprint density at radius 1 is 1.50 bits per heavy atom. The minimum absolute atomic E-state index is 0.416. The van der Waals surface area contributed by atoms with Crippen LogP contribution in [-0.4, -0.2) is 11.0 Å². The summed E-state index contributed by atoms with van der Waals surface area (Å²) in [5.41, 5.74) is 1.48. The highest BCUT2D eigenvalue weighted by Gasteiger charge is 2.38. The first-order chi connectivity index (χ1) is 6.58. The highest BCUT2D eigenvalue weighted by Crippen LogP contribution is 2.41. The van der Waals surface area contributed by atoms with Crippen LogP contribution in [-0.2, 0) is 0 Å². The number of aromatic nitrogens is 1. The fourth-order valence-electron chi connectivity index (χ4n) is 1.80. The molecule has 1 aromatic rings. The molecule has 1 heterocycles. The van der Waals surface area contributed by atoms with Gasteiger partial charge in [0.05, 0.1) is 11.9 Å². The molecule has 2 rings (SSSR count). The number of hydrogen-bond acceptors (Lipinski definition) is 2. The smallest absolute Gasteiger partial charge is 0.129 e. The Kier molecular flexibility index (Phi) is 2.40. The summed E-state index contributed by atoms with van der Waals surface area (Å²) in [6, 6.07) is 4.37. The molecule has 1 unspecified atom stereocenters. The second-order valence-corrected chi connectivity index (χ2v) is 4.98. The molecule has 1 saturated carbocycles. The van der Waals surface area contributed by atoms with Gasteiger partial charge in [0.15, 0.2) is 0 Å². The average Bonchev–Trinajstić information content (AvgIpc) is 2.15. The third-order valence-corrected chi connectivity index (χ3v) is 3.31. The molecule has 0 aliphatic heterocycles. The molecule has 76 valence electrons. The van der Waals surface area contributed by atoms with Gasteiger partial charge in [-0.15, -0.1) is 0 Å². The summed E-state index contributed by atoms with van der Waals surface area (Å²) in [5.74, 6) is 0. The first-order valence-electron chi connectivity index (χ1n) is 4.96. The Hall–Kier alpha value is -0.760. The Morgan fingerprint density at radius 3 is 2.71 bits per heavy atom. The van der Waals surface area contributed by atoms with E-state index in [4.69, 9.17) is 11.6 Å². The van der Waals surface area contributed by atoms with Crippen molar-refractivity contribution in [2.75, 3.05) is 5.32 Å². The molecule has 1 N–H and O–H groups in total. The maximum absolute atomic E-state index is 5.71. The summed E-state index contributed by atoms with van der Waals surface area (Å²) in [6.45, 7) is 4.58. The van der Waals surface area contributed by atoms with Crippen molar-refractivity contribution in [3.05, 3.63) is 23.5 Å². The molecule has 1 atom stereocenters. The van der Waals surface area contributed by atoms with E-state index in [0.29, 0.717) is 16.6 Å². The first kappa shape index (κ1) is 9.78. The highest BCUT2D eigenvalue weighted by molar-refractivity contribution is 6.29. The van der Waals surface area contributed by atoms with Crippen molar-refractivity contribution in [1.82, 2.24) is 4.98 Å². The number of nitrogens with zero attached hydrogens (tertiary/aromatic N) is 1. The third-order valence-electron chi connectivity index (χ3n) is 3.09. The van der Waals surface area contributed by atoms with E-state index >= 15 is 0 Å². The molecule has 1 aliphatic rings. The summed E-state index contributed by atoms with van der Waals surface area (Å²) < 4.78 is 0. The van der Waals surface area contributed by atoms with Crippen molar-refractivity contribution < 1.29 is 0 Å². The van der Waals surface area contributed by atoms with Gasteiger partial charge < -0.3 is 5.32 Å². The fraction of sp³-hybridized carbons (Fsp3) is 0.545. The van der Waals surface area contributed by atoms with E-state index in [-0.39, 0.29) is 0 Å². The maximum atomic E-state index is 5.71. The van der Waals surface area contributed by atoms with Gasteiger partial charge in [-0.25, -0.2) is 4.98 Å². The van der Waals surface area contributed by atoms with Gasteiger partial charge >= 0.3 is 0 Å². The molecule has 0 amide bonds. The minimum Gasteiger partial charge on any atom is -0.381 e. The molecule has 2 nitrogen and oxygen atoms in total. The van der Waals surface area contributed by atoms with Crippen LogP contribution < -0.4 is 5.32 Å². The van der Waals surface area contributed by atoms with Gasteiger partial charge in [-0.2, -0.15) is 0 Å². The Labute approximate surface area is 89.7 Å². The Balaban J connectivity index is 2.01. The second kappa shape index (κ2) is 3.43. The molecule has 1 fully saturated rings. The summed E-state index contributed by atoms with van der Waals surface area (Å²) in [6.07, 6.45) is 4.33. The molecule has 0 radical (unpaired) electrons. The summed E-state index contributed by atoms with van der Waals surface area (Å²) in [5, 5.41) is 4.02. The molecule has 0 saturated heterocycles. The number of hydrogen-bond donors (Lipinski definition) is 1. The SMILES string of the molecule is CC1(C)CCC1Nc1ccc(Cl)nc1. The van der Waals surface area contributed by atoms with Crippen molar-refractivity contribution in [1.29, 1.82) is 0 Å². The quantitative estimate of drug-likeness (QED) is 0.758. The van der Waals surface area contributed by atoms with Crippen LogP contribution in [0, 0.1) is 5.41 Å². The van der Waals surface area contributed by atoms with Crippen LogP contribution in [0.4, 0.5) is 5.69 Å². The highest BCUT2D eigenvalue weighted by atomic mass is 35.5. The lowest BCUT2D eigenvalue weighted by molar-refractivity contribution is 0.160. The lowest BCUT2D eigenvalue weighted by atomic mass is 9.67. The third kappa shape index (κ3) is 1.85. The molecule has 14 heavy (non-hydrogen) atoms. The largest absolute Gasteiger partial charge is 0.381 e. The zero-order valence-electron chi connectivity index (χ0n) is 8.55. The van der Waals surface area contributed by atoms with Gasteiger partial charge in [-0.1, -0.05) is 25.4 Å². The van der Waals surface area contributed by atoms with Gasteiger partial charge in [0.25, 0.3) is 0 Å². The summed E-state index contributed by atoms with van der Waals surface area (Å²) in [7, 11) is 0. The standard InChI is InChI=1S/C11H15ClN2/c1-11(2)6-5-9(11)14-8-3-4-10(12)13-7-8/h3-4,7,9,14H,5-6H2,1-2H3. The van der Waals surface area contributed by atoms with E-state index in [2.05, 4.69) is 24.1 Å². The van der Waals surface area contributed by atoms with Crippen LogP contribution in [0.5, 0.6) is 0 Å². The normalized spacial score (nSPS) is 24.1. The molecule has 3 heteroatoms. The molecule has 1 aliphatic carbocycles. The monoisotopic (exact) mass is 210 g/mol. The van der Waals surface area contributed by atoms with Crippen LogP contribution >= 0.6 is 11.6 Å². The summed E-state index contributed by atoms with van der Waals surface area (Å²) >= 11 is 5.71. The van der Waals surface area contributed by atoms with E-state index in [9.17, 15) is 0 Å². The number of halogens is 1. The van der Waals surface area contributed by atoms with Gasteiger partial charge in [0.1, 0.15) is 5.15 Å². The van der Waals surface area contributed by atoms with Gasteiger partial charge in [-0.05, 0) is 30.4 Å². The van der Waals surface area contributed by atoms with Crippen molar-refractivity contribution in [2.45, 2.75) is 32.7 Å². The van der Waals surface area contributed by atoms with Crippen LogP contribution in [0.2, 0.25) is 5.15 Å². The number of rotatable bonds is 2. The fourth-order valence-corrected chi connectivity index (χ4v) is 1.91. The Bertz CT molecular complexity index is 319. The van der Waals surface area contributed by atoms with E-state index in [1.54, 1.807) is 6.20 Å². The van der Waals surface area contributed by atoms with E-state index in [1.807, 2.05) is 12.1 Å². The van der Waals surface area contributed by atoms with Crippen molar-refractivity contribution in [2.24, 2.45) is 5.41 Å². The van der Waals surface area contributed by atoms with Crippen LogP contribution in [0.25, 0.3) is 0 Å². The predicted octanol–water partition coefficient (Wildman–Crippen LogP) is 3.34. The lowest BCUT2D eigenvalue weighted by Gasteiger charge is -2.45. The first-order valence-corrected chi connectivity index (χ1v) is 5.34. The van der Waals surface area contributed by atoms with Crippen LogP contribution in [0.15, 0.2) is 18.3 Å². The van der Waals surface area contributed by atoms with Crippen LogP contribution in [0.3, 0.4) is 0 Å². The lowest BCUT2D eigenvalue weighted by Crippen LogP contribution is -2.45. The van der Waals surface area contributed by atoms with Crippen LogP contribution in [0.1, 0.15) is 26.7 Å². The summed E-state index contributed by atoms with van der Waals surface area (Å²) in [4.78, 5) is 4.04. The number of pyridine rings is 1. The van der Waals surface area contributed by atoms with E-state index < -0.39 is 0 Å². The van der Waals surface area contributed by atoms with Gasteiger partial charge in [0.2, 0.25) is 0 Å². The number of nitrogens with one attached hydrogen (secondary N) is 1. The maximum Gasteiger partial charge on any atom is 0.129 e. The zero-order chi connectivity index (χ0) is 10.2. The average molecular weight is 211 g/mol. The molecular formula is C11H15ClN2. The van der Waals surface area contributed by atoms with Crippen molar-refractivity contribution in [3.8, 4) is 0 Å². The van der Waals surface area contributed by atoms with Crippen molar-refractivity contribution in [3.63, 3.8) is 0 Å². The van der Waals surface area contributed by atoms with Gasteiger partial charge in [0, 0.05) is 6.04 Å². The second-order valence-electron chi connectivity index (χ2n) is 4.59. The molecular weight excluding hydrogens is 196 g/mol. The number of anilines is 1. The van der Waals surface area contributed by atoms with Crippen molar-refractivity contribution >= 4 is 17.3 Å². The zero-order valence-corrected chi connectivity index (χ0v) is 9.30. The molecule has 0 spiro atoms. The van der Waals surface area contributed by atoms with Gasteiger partial charge in [-0.3, -0.25) is 0 Å². The predicted molar refractivity (Wildman–Crippen MR) is 59.7 cm³/mol. The Morgan fingerprint density at radius 2 is 2.29 bits per heavy atom. The topological polar surface area (TPSA) is 24.9 Å². The molecule has 0 bridgehead atoms. The minimum atomic E-state index is 0.416. The molecule has 1 aromatic heterocycles. The van der Waals surface area contributed by atoms with E-state index in [0.717, 1.165) is 5.69 Å².